The second-order valence-electron chi connectivity index (χ2n) is 39.9. The quantitative estimate of drug-likeness (QED) is 0.0118. The molecule has 2 amide bonds. The van der Waals surface area contributed by atoms with E-state index in [1.165, 1.54) is 244 Å². The molecule has 0 radical (unpaired) electrons. The molecule has 0 saturated carbocycles. The number of phosphoric ester groups is 1. The van der Waals surface area contributed by atoms with Crippen LogP contribution in [0.3, 0.4) is 0 Å². The molecule has 2 aliphatic rings. The van der Waals surface area contributed by atoms with Gasteiger partial charge in [0.1, 0.15) is 48.7 Å². The number of unbranched alkanes of at least 4 members (excludes halogenated alkanes) is 64. The number of carbonyl (C=O) groups is 6. The molecule has 0 aromatic rings. The lowest BCUT2D eigenvalue weighted by Crippen LogP contribution is -2.68. The van der Waals surface area contributed by atoms with Crippen LogP contribution in [0.5, 0.6) is 0 Å². The summed E-state index contributed by atoms with van der Waals surface area (Å²) in [6, 6.07) is -3.47. The van der Waals surface area contributed by atoms with E-state index >= 15 is 9.59 Å². The second-order valence-corrected chi connectivity index (χ2v) is 41.1. The van der Waals surface area contributed by atoms with Crippen LogP contribution >= 0.6 is 7.82 Å². The highest BCUT2D eigenvalue weighted by Gasteiger charge is 2.54. The average molecular weight is 1910 g/mol. The van der Waals surface area contributed by atoms with Gasteiger partial charge in [-0.25, -0.2) is 4.57 Å². The number of aliphatic hydroxyl groups excluding tert-OH is 5. The summed E-state index contributed by atoms with van der Waals surface area (Å²) in [5.41, 5.74) is 0. The van der Waals surface area contributed by atoms with E-state index in [4.69, 9.17) is 37.7 Å². The van der Waals surface area contributed by atoms with Crippen LogP contribution in [0.2, 0.25) is 0 Å². The van der Waals surface area contributed by atoms with E-state index in [1.54, 1.807) is 0 Å². The fraction of sp³-hybridized carbons (Fsp3) is 0.944. The maximum atomic E-state index is 15.3. The Bertz CT molecular complexity index is 2770. The fourth-order valence-electron chi connectivity index (χ4n) is 18.8. The molecule has 25 heteroatoms. The van der Waals surface area contributed by atoms with Crippen molar-refractivity contribution < 1.29 is 106 Å². The molecule has 2 heterocycles. The summed E-state index contributed by atoms with van der Waals surface area (Å²) in [6.07, 6.45) is 56.6. The van der Waals surface area contributed by atoms with Crippen molar-refractivity contribution in [2.75, 3.05) is 13.2 Å². The van der Waals surface area contributed by atoms with E-state index in [9.17, 15) is 59.1 Å². The van der Waals surface area contributed by atoms with E-state index in [2.05, 4.69) is 52.2 Å². The van der Waals surface area contributed by atoms with Gasteiger partial charge in [-0.15, -0.1) is 0 Å². The van der Waals surface area contributed by atoms with Crippen molar-refractivity contribution in [3.63, 3.8) is 0 Å². The third-order valence-corrected chi connectivity index (χ3v) is 27.6. The highest BCUT2D eigenvalue weighted by atomic mass is 31.2. The monoisotopic (exact) mass is 1910 g/mol. The third-order valence-electron chi connectivity index (χ3n) is 27.1. The first-order valence-corrected chi connectivity index (χ1v) is 57.5. The third kappa shape index (κ3) is 70.8. The van der Waals surface area contributed by atoms with Gasteiger partial charge in [-0.3, -0.25) is 33.3 Å². The molecule has 9 N–H and O–H groups in total. The maximum absolute atomic E-state index is 15.3. The Kier molecular flexibility index (Phi) is 82.8. The zero-order chi connectivity index (χ0) is 97.1. The van der Waals surface area contributed by atoms with Gasteiger partial charge in [0.05, 0.1) is 51.1 Å². The van der Waals surface area contributed by atoms with Crippen LogP contribution in [0.15, 0.2) is 0 Å². The molecule has 2 aliphatic heterocycles. The average Bonchev–Trinajstić information content (AvgIpc) is 0.777. The lowest BCUT2D eigenvalue weighted by Gasteiger charge is -2.46. The minimum atomic E-state index is -5.63. The molecule has 0 aromatic carbocycles. The van der Waals surface area contributed by atoms with E-state index in [0.29, 0.717) is 51.4 Å². The van der Waals surface area contributed by atoms with Crippen LogP contribution in [0, 0.1) is 0 Å². The molecule has 24 nitrogen and oxygen atoms in total. The van der Waals surface area contributed by atoms with Gasteiger partial charge < -0.3 is 79.1 Å². The number of aliphatic hydroxyl groups is 5. The highest BCUT2D eigenvalue weighted by molar-refractivity contribution is 7.46. The van der Waals surface area contributed by atoms with E-state index in [0.717, 1.165) is 167 Å². The Morgan fingerprint density at radius 3 is 0.925 bits per heavy atom. The maximum Gasteiger partial charge on any atom is 0.470 e. The van der Waals surface area contributed by atoms with E-state index < -0.39 is 168 Å². The summed E-state index contributed by atoms with van der Waals surface area (Å²) in [5.74, 6) is -4.52. The van der Waals surface area contributed by atoms with Crippen LogP contribution in [0.25, 0.3) is 0 Å². The summed E-state index contributed by atoms with van der Waals surface area (Å²) in [7, 11) is -5.63. The molecular formula is C108H205N2O22P. The molecule has 14 atom stereocenters. The molecule has 0 spiro atoms. The van der Waals surface area contributed by atoms with E-state index in [1.807, 2.05) is 0 Å². The van der Waals surface area contributed by atoms with Crippen molar-refractivity contribution in [1.82, 2.24) is 10.6 Å². The van der Waals surface area contributed by atoms with Crippen molar-refractivity contribution in [2.45, 2.75) is 641 Å². The summed E-state index contributed by atoms with van der Waals surface area (Å²) < 4.78 is 62.4. The summed E-state index contributed by atoms with van der Waals surface area (Å²) >= 11 is 0. The number of rotatable bonds is 96. The predicted octanol–water partition coefficient (Wildman–Crippen LogP) is 25.9. The number of carbonyl (C=O) groups excluding carboxylic acids is 6. The van der Waals surface area contributed by atoms with Gasteiger partial charge in [-0.1, -0.05) is 465 Å². The van der Waals surface area contributed by atoms with Gasteiger partial charge in [-0.2, -0.15) is 0 Å². The Labute approximate surface area is 810 Å². The number of esters is 4. The summed E-state index contributed by atoms with van der Waals surface area (Å²) in [5, 5.41) is 63.8. The Balaban J connectivity index is 2.73. The van der Waals surface area contributed by atoms with Crippen LogP contribution in [0.1, 0.15) is 555 Å². The zero-order valence-electron chi connectivity index (χ0n) is 85.8. The van der Waals surface area contributed by atoms with Crippen LogP contribution < -0.4 is 10.6 Å². The molecule has 2 rings (SSSR count). The van der Waals surface area contributed by atoms with Gasteiger partial charge >= 0.3 is 31.7 Å². The van der Waals surface area contributed by atoms with Crippen molar-refractivity contribution >= 4 is 43.5 Å². The lowest BCUT2D eigenvalue weighted by molar-refractivity contribution is -0.298. The van der Waals surface area contributed by atoms with Gasteiger partial charge in [0.15, 0.2) is 24.8 Å². The van der Waals surface area contributed by atoms with Crippen molar-refractivity contribution in [3.8, 4) is 0 Å². The van der Waals surface area contributed by atoms with Gasteiger partial charge in [0.2, 0.25) is 11.8 Å². The number of nitrogens with one attached hydrogen (secondary N) is 2. The minimum absolute atomic E-state index is 0.112. The molecule has 2 saturated heterocycles. The largest absolute Gasteiger partial charge is 0.470 e. The number of phosphoric acid groups is 1. The molecule has 2 fully saturated rings. The van der Waals surface area contributed by atoms with Crippen molar-refractivity contribution in [2.24, 2.45) is 0 Å². The molecule has 0 bridgehead atoms. The SMILES string of the molecule is CCCCCCCCCCCCCCCC(=O)O[C@H](CCCCCCCCCCCCC)CC(=O)NC1[C@H](OCC2O[C@@H](O)C(NC(=O)C[C@H](O)CCCCCCCCCCCCC)[C@@H](OC(=O)C[C@H](O)CCCCCCCCCCCCC)[C@@H]2O)OC(CO)[C@@H](OP(=O)(O)O)[C@@H]1OC(=O)C[C@@H](CCCCCCCCCCCCC)OC(=O)CCCCCCCCCCCCCCC. The van der Waals surface area contributed by atoms with Crippen molar-refractivity contribution in [1.29, 1.82) is 0 Å². The lowest BCUT2D eigenvalue weighted by atomic mass is 9.95. The summed E-state index contributed by atoms with van der Waals surface area (Å²) in [4.78, 5) is 108. The second kappa shape index (κ2) is 87.6. The molecule has 0 aromatic heterocycles. The first-order chi connectivity index (χ1) is 64.6. The standard InChI is InChI=1S/C108H205N2O22P/c1-7-13-19-25-31-37-43-45-51-57-63-69-75-81-97(116)126-91(79-73-67-61-55-49-41-35-29-23-17-11-5)85-96(115)110-102-106(131-100(119)86-92(80-74-68-62-56-50-42-36-30-24-18-12-6)127-98(117)82-76-70-64-58-52-46-44-38-32-26-20-14-8-2)104(132-133(122,123)124)93(87-111)129-108(102)125-88-94-103(120)105(130-99(118)84-90(113)78-72-66-60-54-48-40-34-28-22-16-10-4)101(107(121)128-94)109-95(114)83-89(112)77-71-65-59-53-47-39-33-27-21-15-9-3/h89-94,101-108,111-113,120-121H,7-88H2,1-6H3,(H,109,114)(H,110,115)(H2,122,123,124)/t89-,90-,91-,92-,93?,94?,101?,102?,103-,104-,105-,106-,107-,108-/m1/s1. The van der Waals surface area contributed by atoms with E-state index in [-0.39, 0.29) is 25.7 Å². The molecule has 0 aliphatic carbocycles. The highest BCUT2D eigenvalue weighted by Crippen LogP contribution is 2.43. The first-order valence-electron chi connectivity index (χ1n) is 56.0. The Hall–Kier alpha value is -3.39. The molecule has 133 heavy (non-hydrogen) atoms. The predicted molar refractivity (Wildman–Crippen MR) is 534 cm³/mol. The van der Waals surface area contributed by atoms with Crippen molar-refractivity contribution in [3.05, 3.63) is 0 Å². The minimum Gasteiger partial charge on any atom is -0.462 e. The van der Waals surface area contributed by atoms with Gasteiger partial charge in [0, 0.05) is 12.8 Å². The smallest absolute Gasteiger partial charge is 0.462 e. The number of amides is 2. The molecule has 784 valence electrons. The van der Waals surface area contributed by atoms with Crippen LogP contribution in [-0.2, 0) is 71.0 Å². The summed E-state index contributed by atoms with van der Waals surface area (Å²) in [6.45, 7) is 11.4. The number of ether oxygens (including phenoxy) is 7. The molecular weight excluding hydrogens is 1710 g/mol. The topological polar surface area (TPSA) is 359 Å². The first kappa shape index (κ1) is 126. The van der Waals surface area contributed by atoms with Crippen LogP contribution in [-0.4, -0.2) is 170 Å². The Morgan fingerprint density at radius 2 is 0.594 bits per heavy atom. The zero-order valence-corrected chi connectivity index (χ0v) is 86.7. The van der Waals surface area contributed by atoms with Gasteiger partial charge in [0.25, 0.3) is 0 Å². The van der Waals surface area contributed by atoms with Crippen LogP contribution in [0.4, 0.5) is 0 Å². The molecule has 4 unspecified atom stereocenters. The van der Waals surface area contributed by atoms with Gasteiger partial charge in [-0.05, 0) is 51.4 Å². The Morgan fingerprint density at radius 1 is 0.316 bits per heavy atom. The number of hydrogen-bond acceptors (Lipinski definition) is 20. The fourth-order valence-corrected chi connectivity index (χ4v) is 19.4. The number of hydrogen-bond donors (Lipinski definition) is 9. The normalized spacial score (nSPS) is 19.6.